The van der Waals surface area contributed by atoms with Gasteiger partial charge in [-0.2, -0.15) is 0 Å². The molecule has 2 aliphatic rings. The van der Waals surface area contributed by atoms with Gasteiger partial charge in [-0.25, -0.2) is 4.79 Å². The quantitative estimate of drug-likeness (QED) is 0.731. The lowest BCUT2D eigenvalue weighted by molar-refractivity contribution is -0.125. The fourth-order valence-electron chi connectivity index (χ4n) is 2.62. The number of carbonyl (C=O) groups is 2. The van der Waals surface area contributed by atoms with Crippen LogP contribution in [0.2, 0.25) is 0 Å². The van der Waals surface area contributed by atoms with Crippen molar-refractivity contribution in [3.8, 4) is 0 Å². The molecule has 5 heteroatoms. The summed E-state index contributed by atoms with van der Waals surface area (Å²) in [7, 11) is 2.11. The van der Waals surface area contributed by atoms with Crippen molar-refractivity contribution in [2.24, 2.45) is 5.92 Å². The van der Waals surface area contributed by atoms with Crippen molar-refractivity contribution < 1.29 is 9.59 Å². The smallest absolute Gasteiger partial charge is 0.321 e. The second-order valence-electron chi connectivity index (χ2n) is 5.36. The summed E-state index contributed by atoms with van der Waals surface area (Å²) in [6.45, 7) is 5.62. The molecular weight excluding hydrogens is 218 g/mol. The molecule has 0 saturated carbocycles. The Hall–Kier alpha value is -1.10. The minimum absolute atomic E-state index is 0.0948. The highest BCUT2D eigenvalue weighted by molar-refractivity contribution is 5.97. The average Bonchev–Trinajstić information content (AvgIpc) is 2.27. The van der Waals surface area contributed by atoms with Gasteiger partial charge in [0.05, 0.1) is 5.92 Å². The lowest BCUT2D eigenvalue weighted by Crippen LogP contribution is -2.59. The van der Waals surface area contributed by atoms with Crippen LogP contribution in [0.15, 0.2) is 0 Å². The van der Waals surface area contributed by atoms with E-state index in [2.05, 4.69) is 24.2 Å². The van der Waals surface area contributed by atoms with Crippen LogP contribution >= 0.6 is 0 Å². The molecule has 1 N–H and O–H groups in total. The molecule has 5 nitrogen and oxygen atoms in total. The number of imide groups is 1. The van der Waals surface area contributed by atoms with Gasteiger partial charge in [0.2, 0.25) is 5.91 Å². The van der Waals surface area contributed by atoms with Crippen molar-refractivity contribution in [1.82, 2.24) is 15.1 Å². The molecule has 0 aliphatic carbocycles. The van der Waals surface area contributed by atoms with Crippen LogP contribution in [0.4, 0.5) is 4.79 Å². The Labute approximate surface area is 102 Å². The van der Waals surface area contributed by atoms with Gasteiger partial charge in [0.1, 0.15) is 0 Å². The maximum atomic E-state index is 11.8. The van der Waals surface area contributed by atoms with Crippen LogP contribution in [0.5, 0.6) is 0 Å². The first-order chi connectivity index (χ1) is 7.99. The maximum Gasteiger partial charge on any atom is 0.324 e. The molecule has 2 heterocycles. The fourth-order valence-corrected chi connectivity index (χ4v) is 2.62. The summed E-state index contributed by atoms with van der Waals surface area (Å²) in [4.78, 5) is 27.4. The largest absolute Gasteiger partial charge is 0.324 e. The SMILES string of the molecule is CC1CN(C2CCN(C)C(C)C2)C(=O)NC1=O. The van der Waals surface area contributed by atoms with Gasteiger partial charge < -0.3 is 9.80 Å². The molecule has 2 rings (SSSR count). The van der Waals surface area contributed by atoms with Gasteiger partial charge in [-0.3, -0.25) is 10.1 Å². The van der Waals surface area contributed by atoms with Crippen molar-refractivity contribution >= 4 is 11.9 Å². The molecule has 0 radical (unpaired) electrons. The Kier molecular flexibility index (Phi) is 3.38. The van der Waals surface area contributed by atoms with E-state index in [1.165, 1.54) is 0 Å². The lowest BCUT2D eigenvalue weighted by atomic mass is 9.95. The van der Waals surface area contributed by atoms with E-state index in [4.69, 9.17) is 0 Å². The van der Waals surface area contributed by atoms with Crippen LogP contribution in [-0.2, 0) is 4.79 Å². The minimum Gasteiger partial charge on any atom is -0.321 e. The number of carbonyl (C=O) groups excluding carboxylic acids is 2. The molecule has 96 valence electrons. The Morgan fingerprint density at radius 2 is 2.00 bits per heavy atom. The second kappa shape index (κ2) is 4.64. The van der Waals surface area contributed by atoms with Crippen LogP contribution in [0.3, 0.4) is 0 Å². The van der Waals surface area contributed by atoms with Gasteiger partial charge in [0.25, 0.3) is 0 Å². The molecule has 3 atom stereocenters. The topological polar surface area (TPSA) is 52.6 Å². The lowest BCUT2D eigenvalue weighted by Gasteiger charge is -2.43. The fraction of sp³-hybridized carbons (Fsp3) is 0.833. The molecule has 0 spiro atoms. The summed E-state index contributed by atoms with van der Waals surface area (Å²) in [6.07, 6.45) is 1.99. The third-order valence-corrected chi connectivity index (χ3v) is 4.03. The zero-order valence-electron chi connectivity index (χ0n) is 10.8. The van der Waals surface area contributed by atoms with Crippen LogP contribution in [0.25, 0.3) is 0 Å². The summed E-state index contributed by atoms with van der Waals surface area (Å²) in [5.41, 5.74) is 0. The number of rotatable bonds is 1. The third-order valence-electron chi connectivity index (χ3n) is 4.03. The number of hydrogen-bond donors (Lipinski definition) is 1. The molecule has 0 bridgehead atoms. The first-order valence-corrected chi connectivity index (χ1v) is 6.30. The molecule has 2 saturated heterocycles. The van der Waals surface area contributed by atoms with Crippen LogP contribution in [0.1, 0.15) is 26.7 Å². The van der Waals surface area contributed by atoms with Gasteiger partial charge in [0, 0.05) is 25.2 Å². The zero-order chi connectivity index (χ0) is 12.6. The van der Waals surface area contributed by atoms with E-state index in [0.29, 0.717) is 12.6 Å². The number of nitrogens with zero attached hydrogens (tertiary/aromatic N) is 2. The van der Waals surface area contributed by atoms with Crippen molar-refractivity contribution in [3.63, 3.8) is 0 Å². The molecule has 0 aromatic heterocycles. The van der Waals surface area contributed by atoms with Gasteiger partial charge in [-0.15, -0.1) is 0 Å². The summed E-state index contributed by atoms with van der Waals surface area (Å²) in [5.74, 6) is -0.241. The first kappa shape index (κ1) is 12.4. The summed E-state index contributed by atoms with van der Waals surface area (Å²) < 4.78 is 0. The van der Waals surface area contributed by atoms with Crippen molar-refractivity contribution in [3.05, 3.63) is 0 Å². The molecule has 17 heavy (non-hydrogen) atoms. The average molecular weight is 239 g/mol. The molecular formula is C12H21N3O2. The highest BCUT2D eigenvalue weighted by Crippen LogP contribution is 2.23. The van der Waals surface area contributed by atoms with E-state index < -0.39 is 0 Å². The number of amides is 3. The summed E-state index contributed by atoms with van der Waals surface area (Å²) in [5, 5.41) is 2.44. The molecule has 3 unspecified atom stereocenters. The molecule has 2 fully saturated rings. The Balaban J connectivity index is 2.02. The van der Waals surface area contributed by atoms with Crippen molar-refractivity contribution in [2.75, 3.05) is 20.1 Å². The highest BCUT2D eigenvalue weighted by atomic mass is 16.2. The van der Waals surface area contributed by atoms with Gasteiger partial charge in [0.15, 0.2) is 0 Å². The standard InChI is InChI=1S/C12H21N3O2/c1-8-7-15(12(17)13-11(8)16)10-4-5-14(3)9(2)6-10/h8-10H,4-7H2,1-3H3,(H,13,16,17). The van der Waals surface area contributed by atoms with Gasteiger partial charge >= 0.3 is 6.03 Å². The predicted molar refractivity (Wildman–Crippen MR) is 64.5 cm³/mol. The predicted octanol–water partition coefficient (Wildman–Crippen LogP) is 0.657. The second-order valence-corrected chi connectivity index (χ2v) is 5.36. The van der Waals surface area contributed by atoms with E-state index in [0.717, 1.165) is 19.4 Å². The van der Waals surface area contributed by atoms with E-state index in [-0.39, 0.29) is 23.9 Å². The van der Waals surface area contributed by atoms with Crippen molar-refractivity contribution in [1.29, 1.82) is 0 Å². The van der Waals surface area contributed by atoms with E-state index in [9.17, 15) is 9.59 Å². The maximum absolute atomic E-state index is 11.8. The zero-order valence-corrected chi connectivity index (χ0v) is 10.8. The minimum atomic E-state index is -0.213. The monoisotopic (exact) mass is 239 g/mol. The normalized spacial score (nSPS) is 35.9. The van der Waals surface area contributed by atoms with E-state index >= 15 is 0 Å². The Morgan fingerprint density at radius 1 is 1.29 bits per heavy atom. The highest BCUT2D eigenvalue weighted by Gasteiger charge is 2.36. The van der Waals surface area contributed by atoms with Gasteiger partial charge in [-0.1, -0.05) is 6.92 Å². The Bertz CT molecular complexity index is 332. The Morgan fingerprint density at radius 3 is 2.65 bits per heavy atom. The number of nitrogens with one attached hydrogen (secondary N) is 1. The molecule has 3 amide bonds. The number of urea groups is 1. The summed E-state index contributed by atoms with van der Waals surface area (Å²) in [6, 6.07) is 0.557. The van der Waals surface area contributed by atoms with Crippen LogP contribution in [-0.4, -0.2) is 54.0 Å². The van der Waals surface area contributed by atoms with E-state index in [1.54, 1.807) is 0 Å². The van der Waals surface area contributed by atoms with Crippen molar-refractivity contribution in [2.45, 2.75) is 38.8 Å². The first-order valence-electron chi connectivity index (χ1n) is 6.30. The number of hydrogen-bond acceptors (Lipinski definition) is 3. The number of piperidine rings is 1. The van der Waals surface area contributed by atoms with E-state index in [1.807, 2.05) is 11.8 Å². The summed E-state index contributed by atoms with van der Waals surface area (Å²) >= 11 is 0. The number of likely N-dealkylation sites (tertiary alicyclic amines) is 1. The molecule has 0 aromatic carbocycles. The molecule has 2 aliphatic heterocycles. The van der Waals surface area contributed by atoms with Gasteiger partial charge in [-0.05, 0) is 26.8 Å². The van der Waals surface area contributed by atoms with Crippen LogP contribution < -0.4 is 5.32 Å². The van der Waals surface area contributed by atoms with Crippen LogP contribution in [0, 0.1) is 5.92 Å². The third kappa shape index (κ3) is 2.44. The molecule has 0 aromatic rings.